The Morgan fingerprint density at radius 2 is 1.86 bits per heavy atom. The molecule has 184 valence electrons. The molecule has 0 spiro atoms. The lowest BCUT2D eigenvalue weighted by Gasteiger charge is -2.13. The van der Waals surface area contributed by atoms with Gasteiger partial charge in [0.2, 0.25) is 0 Å². The van der Waals surface area contributed by atoms with Gasteiger partial charge in [0.05, 0.1) is 22.5 Å². The van der Waals surface area contributed by atoms with Gasteiger partial charge in [-0.05, 0) is 74.9 Å². The number of amides is 1. The van der Waals surface area contributed by atoms with Crippen LogP contribution in [0.4, 0.5) is 4.39 Å². The standard InChI is InChI=1S/C27H25FN4O2S2/c1-16-7-13-20(14-8-16)32-26(34)24-21-5-3-4-6-22(21)36-25(24)29-27(32)35-15-23(33)31-30-17(2)18-9-11-19(28)12-10-18/h7-14H,3-6,15H2,1-2H3,(H,31,33). The first kappa shape index (κ1) is 24.4. The minimum Gasteiger partial charge on any atom is -0.272 e. The zero-order valence-electron chi connectivity index (χ0n) is 20.0. The van der Waals surface area contributed by atoms with Gasteiger partial charge in [-0.25, -0.2) is 14.8 Å². The Hall–Kier alpha value is -3.30. The van der Waals surface area contributed by atoms with Crippen molar-refractivity contribution in [2.75, 3.05) is 5.75 Å². The lowest BCUT2D eigenvalue weighted by Crippen LogP contribution is -2.24. The van der Waals surface area contributed by atoms with Crippen LogP contribution in [-0.2, 0) is 17.6 Å². The van der Waals surface area contributed by atoms with E-state index in [1.165, 1.54) is 28.8 Å². The van der Waals surface area contributed by atoms with E-state index in [4.69, 9.17) is 4.98 Å². The van der Waals surface area contributed by atoms with Crippen molar-refractivity contribution < 1.29 is 9.18 Å². The molecule has 36 heavy (non-hydrogen) atoms. The summed E-state index contributed by atoms with van der Waals surface area (Å²) in [5.41, 5.74) is 6.70. The third-order valence-electron chi connectivity index (χ3n) is 6.19. The Kier molecular flexibility index (Phi) is 7.02. The molecule has 2 aromatic carbocycles. The Morgan fingerprint density at radius 1 is 1.14 bits per heavy atom. The fourth-order valence-electron chi connectivity index (χ4n) is 4.27. The Bertz CT molecular complexity index is 1520. The SMILES string of the molecule is CC(=NNC(=O)CSc1nc2sc3c(c2c(=O)n1-c1ccc(C)cc1)CCCC3)c1ccc(F)cc1. The fourth-order valence-corrected chi connectivity index (χ4v) is 6.38. The van der Waals surface area contributed by atoms with Crippen LogP contribution in [-0.4, -0.2) is 26.9 Å². The number of benzene rings is 2. The molecular weight excluding hydrogens is 495 g/mol. The second-order valence-corrected chi connectivity index (χ2v) is 10.8. The van der Waals surface area contributed by atoms with Crippen LogP contribution in [0.5, 0.6) is 0 Å². The molecule has 2 aromatic heterocycles. The molecule has 9 heteroatoms. The minimum absolute atomic E-state index is 0.0368. The van der Waals surface area contributed by atoms with Crippen molar-refractivity contribution in [3.63, 3.8) is 0 Å². The molecule has 0 saturated carbocycles. The Morgan fingerprint density at radius 3 is 2.61 bits per heavy atom. The van der Waals surface area contributed by atoms with E-state index < -0.39 is 0 Å². The number of aryl methyl sites for hydroxylation is 3. The number of thiophene rings is 1. The van der Waals surface area contributed by atoms with Crippen LogP contribution in [0.15, 0.2) is 63.6 Å². The Labute approximate surface area is 216 Å². The van der Waals surface area contributed by atoms with Crippen molar-refractivity contribution in [3.8, 4) is 5.69 Å². The van der Waals surface area contributed by atoms with E-state index in [9.17, 15) is 14.0 Å². The molecule has 1 aliphatic rings. The first-order valence-corrected chi connectivity index (χ1v) is 13.6. The largest absolute Gasteiger partial charge is 0.272 e. The average Bonchev–Trinajstić information content (AvgIpc) is 3.26. The van der Waals surface area contributed by atoms with Gasteiger partial charge in [0.25, 0.3) is 11.5 Å². The molecule has 4 aromatic rings. The number of hydrazone groups is 1. The predicted molar refractivity (Wildman–Crippen MR) is 144 cm³/mol. The van der Waals surface area contributed by atoms with Crippen LogP contribution in [0.1, 0.15) is 41.3 Å². The van der Waals surface area contributed by atoms with Crippen LogP contribution in [0.25, 0.3) is 15.9 Å². The number of hydrogen-bond acceptors (Lipinski definition) is 6. The lowest BCUT2D eigenvalue weighted by atomic mass is 9.97. The van der Waals surface area contributed by atoms with Gasteiger partial charge < -0.3 is 0 Å². The molecular formula is C27H25FN4O2S2. The average molecular weight is 521 g/mol. The number of rotatable bonds is 6. The van der Waals surface area contributed by atoms with Gasteiger partial charge in [-0.1, -0.05) is 41.6 Å². The van der Waals surface area contributed by atoms with Crippen molar-refractivity contribution in [2.45, 2.75) is 44.7 Å². The van der Waals surface area contributed by atoms with Crippen LogP contribution < -0.4 is 11.0 Å². The van der Waals surface area contributed by atoms with Crippen LogP contribution in [0, 0.1) is 12.7 Å². The number of aromatic nitrogens is 2. The molecule has 6 nitrogen and oxygen atoms in total. The number of fused-ring (bicyclic) bond motifs is 3. The first-order valence-electron chi connectivity index (χ1n) is 11.8. The number of hydrogen-bond donors (Lipinski definition) is 1. The molecule has 2 heterocycles. The molecule has 1 N–H and O–H groups in total. The summed E-state index contributed by atoms with van der Waals surface area (Å²) in [4.78, 5) is 33.2. The number of carbonyl (C=O) groups is 1. The van der Waals surface area contributed by atoms with E-state index in [1.54, 1.807) is 35.0 Å². The molecule has 1 amide bonds. The van der Waals surface area contributed by atoms with Crippen molar-refractivity contribution in [1.29, 1.82) is 0 Å². The second kappa shape index (κ2) is 10.4. The van der Waals surface area contributed by atoms with Crippen molar-refractivity contribution in [1.82, 2.24) is 15.0 Å². The molecule has 0 saturated heterocycles. The summed E-state index contributed by atoms with van der Waals surface area (Å²) < 4.78 is 14.8. The van der Waals surface area contributed by atoms with Crippen LogP contribution >= 0.6 is 23.1 Å². The molecule has 0 bridgehead atoms. The maximum absolute atomic E-state index is 13.8. The Balaban J connectivity index is 1.43. The topological polar surface area (TPSA) is 76.3 Å². The van der Waals surface area contributed by atoms with E-state index in [1.807, 2.05) is 31.2 Å². The highest BCUT2D eigenvalue weighted by molar-refractivity contribution is 7.99. The minimum atomic E-state index is -0.331. The van der Waals surface area contributed by atoms with E-state index in [0.29, 0.717) is 21.8 Å². The molecule has 0 radical (unpaired) electrons. The van der Waals surface area contributed by atoms with Crippen molar-refractivity contribution in [3.05, 3.63) is 86.3 Å². The highest BCUT2D eigenvalue weighted by atomic mass is 32.2. The molecule has 0 aliphatic heterocycles. The van der Waals surface area contributed by atoms with Gasteiger partial charge in [0.1, 0.15) is 10.6 Å². The van der Waals surface area contributed by atoms with Crippen molar-refractivity contribution in [2.24, 2.45) is 5.10 Å². The summed E-state index contributed by atoms with van der Waals surface area (Å²) in [7, 11) is 0. The van der Waals surface area contributed by atoms with Crippen molar-refractivity contribution >= 4 is 44.9 Å². The van der Waals surface area contributed by atoms with E-state index in [0.717, 1.165) is 47.3 Å². The van der Waals surface area contributed by atoms with Crippen LogP contribution in [0.2, 0.25) is 0 Å². The molecule has 0 unspecified atom stereocenters. The first-order chi connectivity index (χ1) is 17.4. The fraction of sp³-hybridized carbons (Fsp3) is 0.259. The number of nitrogens with one attached hydrogen (secondary N) is 1. The summed E-state index contributed by atoms with van der Waals surface area (Å²) in [6.07, 6.45) is 4.10. The predicted octanol–water partition coefficient (Wildman–Crippen LogP) is 5.41. The summed E-state index contributed by atoms with van der Waals surface area (Å²) in [6.45, 7) is 3.74. The highest BCUT2D eigenvalue weighted by Crippen LogP contribution is 2.35. The number of thioether (sulfide) groups is 1. The third-order valence-corrected chi connectivity index (χ3v) is 8.32. The number of halogens is 1. The van der Waals surface area contributed by atoms with E-state index in [2.05, 4.69) is 10.5 Å². The zero-order valence-corrected chi connectivity index (χ0v) is 21.6. The van der Waals surface area contributed by atoms with Gasteiger partial charge in [-0.15, -0.1) is 11.3 Å². The molecule has 5 rings (SSSR count). The van der Waals surface area contributed by atoms with Gasteiger partial charge >= 0.3 is 0 Å². The van der Waals surface area contributed by atoms with Gasteiger partial charge in [-0.3, -0.25) is 14.2 Å². The second-order valence-electron chi connectivity index (χ2n) is 8.79. The number of carbonyl (C=O) groups excluding carboxylic acids is 1. The van der Waals surface area contributed by atoms with E-state index >= 15 is 0 Å². The maximum atomic E-state index is 13.8. The smallest absolute Gasteiger partial charge is 0.267 e. The molecule has 0 atom stereocenters. The van der Waals surface area contributed by atoms with E-state index in [-0.39, 0.29) is 23.0 Å². The summed E-state index contributed by atoms with van der Waals surface area (Å²) in [5.74, 6) is -0.617. The summed E-state index contributed by atoms with van der Waals surface area (Å²) in [5, 5.41) is 5.32. The molecule has 0 fully saturated rings. The van der Waals surface area contributed by atoms with Gasteiger partial charge in [0, 0.05) is 4.88 Å². The zero-order chi connectivity index (χ0) is 25.2. The normalized spacial score (nSPS) is 13.6. The third kappa shape index (κ3) is 4.99. The monoisotopic (exact) mass is 520 g/mol. The lowest BCUT2D eigenvalue weighted by molar-refractivity contribution is -0.118. The molecule has 1 aliphatic carbocycles. The summed E-state index contributed by atoms with van der Waals surface area (Å²) >= 11 is 2.80. The van der Waals surface area contributed by atoms with Crippen LogP contribution in [0.3, 0.4) is 0 Å². The quantitative estimate of drug-likeness (QED) is 0.160. The summed E-state index contributed by atoms with van der Waals surface area (Å²) in [6, 6.07) is 13.6. The maximum Gasteiger partial charge on any atom is 0.267 e. The van der Waals surface area contributed by atoms with Gasteiger partial charge in [-0.2, -0.15) is 5.10 Å². The van der Waals surface area contributed by atoms with Gasteiger partial charge in [0.15, 0.2) is 5.16 Å². The highest BCUT2D eigenvalue weighted by Gasteiger charge is 2.23. The number of nitrogens with zero attached hydrogens (tertiary/aromatic N) is 3.